The van der Waals surface area contributed by atoms with Gasteiger partial charge in [-0.25, -0.2) is 0 Å². The van der Waals surface area contributed by atoms with Crippen molar-refractivity contribution in [2.24, 2.45) is 0 Å². The van der Waals surface area contributed by atoms with Crippen LogP contribution < -0.4 is 3.71 Å². The zero-order valence-corrected chi connectivity index (χ0v) is 23.0. The van der Waals surface area contributed by atoms with Crippen molar-refractivity contribution in [3.05, 3.63) is 23.9 Å². The van der Waals surface area contributed by atoms with E-state index in [2.05, 4.69) is 30.3 Å². The first-order chi connectivity index (χ1) is 15.3. The van der Waals surface area contributed by atoms with E-state index in [9.17, 15) is 0 Å². The van der Waals surface area contributed by atoms with Crippen LogP contribution in [0.4, 0.5) is 0 Å². The second-order valence-corrected chi connectivity index (χ2v) is 25.2. The Morgan fingerprint density at radius 2 is 1.23 bits per heavy atom. The van der Waals surface area contributed by atoms with Crippen LogP contribution in [0.25, 0.3) is 0 Å². The third kappa shape index (κ3) is 4.38. The molecule has 0 spiro atoms. The number of rotatable bonds is 5. The Balaban J connectivity index is 1.67. The van der Waals surface area contributed by atoms with Crippen molar-refractivity contribution in [1.82, 2.24) is 9.88 Å². The number of hydrogen-bond acceptors (Lipinski definition) is 2. The van der Waals surface area contributed by atoms with E-state index < -0.39 is 18.4 Å². The molecule has 2 heterocycles. The molecule has 4 fully saturated rings. The maximum atomic E-state index is 5.52. The fourth-order valence-electron chi connectivity index (χ4n) is 8.67. The fraction of sp³-hybridized carbons (Fsp3) is 0.821. The first-order valence-corrected chi connectivity index (χ1v) is 20.3. The monoisotopic (exact) mass is 530 g/mol. The molecule has 0 radical (unpaired) electrons. The van der Waals surface area contributed by atoms with Crippen molar-refractivity contribution in [2.75, 3.05) is 13.6 Å². The molecule has 3 saturated carbocycles. The van der Waals surface area contributed by atoms with Crippen LogP contribution in [-0.4, -0.2) is 41.9 Å². The standard InChI is InChI=1S/C10H13N2.3C6H11.Sn/c1-12-7-3-5-10(12)9-4-2-6-11-8-9;3*1-2-4-6-5-3-1;/h2,4,6,10H,3,5,7H2,1H3;3*1H,2-6H2;. The SMILES string of the molecule is CN1CCCC1c1cccn[c]1[Sn]([CH]1CCCCC1)([CH]1CCCCC1)[CH]1CCCCC1. The maximum absolute atomic E-state index is 5.52. The molecule has 31 heavy (non-hydrogen) atoms. The molecule has 0 aromatic carbocycles. The van der Waals surface area contributed by atoms with Crippen LogP contribution in [0.1, 0.15) is 121 Å². The van der Waals surface area contributed by atoms with E-state index in [-0.39, 0.29) is 0 Å². The van der Waals surface area contributed by atoms with Gasteiger partial charge in [0.2, 0.25) is 0 Å². The van der Waals surface area contributed by atoms with Crippen LogP contribution >= 0.6 is 0 Å². The summed E-state index contributed by atoms with van der Waals surface area (Å²) in [7, 11) is 2.38. The Morgan fingerprint density at radius 3 is 1.68 bits per heavy atom. The van der Waals surface area contributed by atoms with Crippen molar-refractivity contribution in [2.45, 2.75) is 127 Å². The van der Waals surface area contributed by atoms with Crippen LogP contribution in [0, 0.1) is 0 Å². The minimum atomic E-state index is -2.82. The Morgan fingerprint density at radius 1 is 0.710 bits per heavy atom. The Kier molecular flexibility index (Phi) is 7.65. The molecule has 0 amide bonds. The normalized spacial score (nSPS) is 28.2. The molecule has 1 aromatic heterocycles. The van der Waals surface area contributed by atoms with Gasteiger partial charge in [0.25, 0.3) is 0 Å². The summed E-state index contributed by atoms with van der Waals surface area (Å²) in [5.74, 6) is 0. The van der Waals surface area contributed by atoms with Gasteiger partial charge < -0.3 is 0 Å². The summed E-state index contributed by atoms with van der Waals surface area (Å²) in [6.45, 7) is 1.28. The fourth-order valence-corrected chi connectivity index (χ4v) is 32.4. The molecule has 4 aliphatic rings. The summed E-state index contributed by atoms with van der Waals surface area (Å²) in [5.41, 5.74) is 1.72. The van der Waals surface area contributed by atoms with E-state index in [1.807, 2.05) is 0 Å². The van der Waals surface area contributed by atoms with Gasteiger partial charge in [0, 0.05) is 0 Å². The number of pyridine rings is 1. The second-order valence-electron chi connectivity index (χ2n) is 11.5. The quantitative estimate of drug-likeness (QED) is 0.367. The molecule has 1 aliphatic heterocycles. The summed E-state index contributed by atoms with van der Waals surface area (Å²) in [6.07, 6.45) is 27.8. The number of likely N-dealkylation sites (tertiary alicyclic amines) is 1. The van der Waals surface area contributed by atoms with Gasteiger partial charge in [-0.2, -0.15) is 0 Å². The van der Waals surface area contributed by atoms with Crippen molar-refractivity contribution in [3.63, 3.8) is 0 Å². The van der Waals surface area contributed by atoms with E-state index >= 15 is 0 Å². The molecule has 3 aliphatic carbocycles. The van der Waals surface area contributed by atoms with Gasteiger partial charge in [0.05, 0.1) is 0 Å². The number of hydrogen-bond donors (Lipinski definition) is 0. The van der Waals surface area contributed by atoms with Gasteiger partial charge in [0.15, 0.2) is 0 Å². The van der Waals surface area contributed by atoms with Crippen molar-refractivity contribution in [3.8, 4) is 0 Å². The zero-order chi connectivity index (χ0) is 21.1. The molecule has 5 rings (SSSR count). The summed E-state index contributed by atoms with van der Waals surface area (Å²) in [6, 6.07) is 5.48. The van der Waals surface area contributed by atoms with Gasteiger partial charge in [-0.05, 0) is 0 Å². The van der Waals surface area contributed by atoms with Gasteiger partial charge in [-0.15, -0.1) is 0 Å². The number of nitrogens with zero attached hydrogens (tertiary/aromatic N) is 2. The van der Waals surface area contributed by atoms with E-state index in [0.717, 1.165) is 11.8 Å². The first kappa shape index (κ1) is 22.7. The molecule has 0 bridgehead atoms. The molecule has 172 valence electrons. The van der Waals surface area contributed by atoms with Crippen LogP contribution in [0.2, 0.25) is 11.8 Å². The molecule has 1 atom stereocenters. The Hall–Kier alpha value is -0.0913. The van der Waals surface area contributed by atoms with E-state index in [1.165, 1.54) is 77.2 Å². The van der Waals surface area contributed by atoms with Gasteiger partial charge in [0.1, 0.15) is 0 Å². The second kappa shape index (κ2) is 10.4. The summed E-state index contributed by atoms with van der Waals surface area (Å²) >= 11 is -2.82. The topological polar surface area (TPSA) is 16.1 Å². The van der Waals surface area contributed by atoms with Crippen LogP contribution in [0.3, 0.4) is 0 Å². The Labute approximate surface area is 195 Å². The molecule has 1 aromatic rings. The van der Waals surface area contributed by atoms with Gasteiger partial charge in [-0.1, -0.05) is 0 Å². The molecule has 0 N–H and O–H groups in total. The van der Waals surface area contributed by atoms with Crippen molar-refractivity contribution >= 4 is 22.1 Å². The predicted octanol–water partition coefficient (Wildman–Crippen LogP) is 7.51. The minimum absolute atomic E-state index is 0.649. The number of aromatic nitrogens is 1. The molecule has 1 unspecified atom stereocenters. The first-order valence-electron chi connectivity index (χ1n) is 14.0. The average Bonchev–Trinajstić information content (AvgIpc) is 3.28. The molecular formula is C28H46N2Sn. The molecule has 2 nitrogen and oxygen atoms in total. The predicted molar refractivity (Wildman–Crippen MR) is 135 cm³/mol. The van der Waals surface area contributed by atoms with E-state index in [0.29, 0.717) is 6.04 Å². The van der Waals surface area contributed by atoms with Crippen molar-refractivity contribution in [1.29, 1.82) is 0 Å². The molecule has 1 saturated heterocycles. The van der Waals surface area contributed by atoms with E-state index in [1.54, 1.807) is 47.8 Å². The summed E-state index contributed by atoms with van der Waals surface area (Å²) < 4.78 is 5.04. The molecular weight excluding hydrogens is 483 g/mol. The summed E-state index contributed by atoms with van der Waals surface area (Å²) in [4.78, 5) is 8.19. The van der Waals surface area contributed by atoms with E-state index in [4.69, 9.17) is 4.98 Å². The van der Waals surface area contributed by atoms with Crippen molar-refractivity contribution < 1.29 is 0 Å². The third-order valence-corrected chi connectivity index (χ3v) is 30.0. The average molecular weight is 529 g/mol. The molecule has 3 heteroatoms. The third-order valence-electron chi connectivity index (χ3n) is 9.97. The van der Waals surface area contributed by atoms with Crippen LogP contribution in [0.5, 0.6) is 0 Å². The van der Waals surface area contributed by atoms with Crippen LogP contribution in [0.15, 0.2) is 18.3 Å². The van der Waals surface area contributed by atoms with Gasteiger partial charge in [-0.3, -0.25) is 0 Å². The Bertz CT molecular complexity index is 655. The van der Waals surface area contributed by atoms with Crippen LogP contribution in [-0.2, 0) is 0 Å². The zero-order valence-electron chi connectivity index (χ0n) is 20.2. The van der Waals surface area contributed by atoms with Gasteiger partial charge >= 0.3 is 196 Å². The summed E-state index contributed by atoms with van der Waals surface area (Å²) in [5, 5.41) is 0.